The van der Waals surface area contributed by atoms with Gasteiger partial charge < -0.3 is 10.4 Å². The summed E-state index contributed by atoms with van der Waals surface area (Å²) in [6, 6.07) is 19.9. The molecule has 1 unspecified atom stereocenters. The Balaban J connectivity index is 2.03. The number of benzene rings is 2. The number of aryl methyl sites for hydroxylation is 1. The molecule has 3 rings (SSSR count). The molecular formula is C21H18N4O2. The smallest absolute Gasteiger partial charge is 0.327 e. The summed E-state index contributed by atoms with van der Waals surface area (Å²) in [5.74, 6) is -1.28. The number of carbonyl (C=O) groups is 1. The number of carboxylic acid groups (broad SMARTS) is 1. The lowest BCUT2D eigenvalue weighted by atomic mass is 9.85. The summed E-state index contributed by atoms with van der Waals surface area (Å²) in [7, 11) is 0. The van der Waals surface area contributed by atoms with Crippen LogP contribution in [0, 0.1) is 18.3 Å². The number of nitrogens with zero attached hydrogens (tertiary/aromatic N) is 3. The fourth-order valence-electron chi connectivity index (χ4n) is 2.97. The number of carboxylic acids is 1. The minimum Gasteiger partial charge on any atom is -0.480 e. The average molecular weight is 358 g/mol. The molecule has 0 saturated heterocycles. The monoisotopic (exact) mass is 358 g/mol. The molecule has 0 bridgehead atoms. The van der Waals surface area contributed by atoms with Crippen LogP contribution >= 0.6 is 0 Å². The van der Waals surface area contributed by atoms with E-state index in [1.165, 1.54) is 6.20 Å². The van der Waals surface area contributed by atoms with Gasteiger partial charge in [-0.1, -0.05) is 60.7 Å². The van der Waals surface area contributed by atoms with E-state index in [1.807, 2.05) is 66.7 Å². The molecule has 27 heavy (non-hydrogen) atoms. The molecule has 1 atom stereocenters. The van der Waals surface area contributed by atoms with Gasteiger partial charge in [0.25, 0.3) is 0 Å². The normalized spacial score (nSPS) is 11.6. The van der Waals surface area contributed by atoms with Gasteiger partial charge in [0.2, 0.25) is 5.95 Å². The highest BCUT2D eigenvalue weighted by Crippen LogP contribution is 2.29. The molecule has 0 fully saturated rings. The number of rotatable bonds is 6. The highest BCUT2D eigenvalue weighted by molar-refractivity contribution is 5.79. The van der Waals surface area contributed by atoms with Crippen molar-refractivity contribution in [2.24, 2.45) is 0 Å². The standard InChI is InChI=1S/C21H18N4O2/c1-14-17(12-22)13-23-21(24-14)25-19(20(26)27)18(15-8-4-2-5-9-15)16-10-6-3-7-11-16/h2-11,13,18-19H,1H3,(H,26,27)(H,23,24,25). The highest BCUT2D eigenvalue weighted by atomic mass is 16.4. The van der Waals surface area contributed by atoms with Crippen LogP contribution in [0.25, 0.3) is 0 Å². The number of anilines is 1. The van der Waals surface area contributed by atoms with Gasteiger partial charge >= 0.3 is 5.97 Å². The summed E-state index contributed by atoms with van der Waals surface area (Å²) >= 11 is 0. The first kappa shape index (κ1) is 18.1. The van der Waals surface area contributed by atoms with E-state index in [0.717, 1.165) is 11.1 Å². The Morgan fingerprint density at radius 2 is 1.63 bits per heavy atom. The zero-order valence-corrected chi connectivity index (χ0v) is 14.7. The van der Waals surface area contributed by atoms with Gasteiger partial charge in [-0.2, -0.15) is 5.26 Å². The maximum absolute atomic E-state index is 12.1. The van der Waals surface area contributed by atoms with Gasteiger partial charge in [0.15, 0.2) is 0 Å². The quantitative estimate of drug-likeness (QED) is 0.701. The summed E-state index contributed by atoms with van der Waals surface area (Å²) in [5, 5.41) is 21.9. The number of aromatic nitrogens is 2. The van der Waals surface area contributed by atoms with Crippen molar-refractivity contribution in [3.8, 4) is 6.07 Å². The maximum atomic E-state index is 12.1. The Labute approximate surface area is 157 Å². The van der Waals surface area contributed by atoms with Crippen molar-refractivity contribution in [3.05, 3.63) is 89.2 Å². The van der Waals surface area contributed by atoms with Crippen molar-refractivity contribution < 1.29 is 9.90 Å². The second-order valence-corrected chi connectivity index (χ2v) is 6.06. The molecule has 3 aromatic rings. The summed E-state index contributed by atoms with van der Waals surface area (Å²) in [6.45, 7) is 1.69. The molecule has 1 heterocycles. The Morgan fingerprint density at radius 1 is 1.07 bits per heavy atom. The molecule has 0 amide bonds. The predicted molar refractivity (Wildman–Crippen MR) is 101 cm³/mol. The van der Waals surface area contributed by atoms with Crippen LogP contribution in [-0.4, -0.2) is 27.1 Å². The van der Waals surface area contributed by atoms with Crippen LogP contribution in [-0.2, 0) is 4.79 Å². The Bertz CT molecular complexity index is 929. The molecule has 0 spiro atoms. The van der Waals surface area contributed by atoms with Crippen molar-refractivity contribution in [1.82, 2.24) is 9.97 Å². The van der Waals surface area contributed by atoms with Crippen LogP contribution in [0.1, 0.15) is 28.3 Å². The number of aliphatic carboxylic acids is 1. The van der Waals surface area contributed by atoms with Crippen LogP contribution in [0.5, 0.6) is 0 Å². The number of hydrogen-bond acceptors (Lipinski definition) is 5. The van der Waals surface area contributed by atoms with Gasteiger partial charge in [-0.3, -0.25) is 0 Å². The van der Waals surface area contributed by atoms with E-state index in [1.54, 1.807) is 6.92 Å². The Hall–Kier alpha value is -3.72. The number of nitrogens with one attached hydrogen (secondary N) is 1. The Morgan fingerprint density at radius 3 is 2.07 bits per heavy atom. The summed E-state index contributed by atoms with van der Waals surface area (Å²) in [5.41, 5.74) is 2.59. The summed E-state index contributed by atoms with van der Waals surface area (Å²) < 4.78 is 0. The number of nitriles is 1. The molecule has 0 aliphatic rings. The van der Waals surface area contributed by atoms with Crippen molar-refractivity contribution in [2.75, 3.05) is 5.32 Å². The van der Waals surface area contributed by atoms with Gasteiger partial charge in [-0.05, 0) is 18.1 Å². The fraction of sp³-hybridized carbons (Fsp3) is 0.143. The van der Waals surface area contributed by atoms with E-state index >= 15 is 0 Å². The molecular weight excluding hydrogens is 340 g/mol. The lowest BCUT2D eigenvalue weighted by Gasteiger charge is -2.26. The molecule has 2 N–H and O–H groups in total. The molecule has 6 nitrogen and oxygen atoms in total. The molecule has 1 aromatic heterocycles. The highest BCUT2D eigenvalue weighted by Gasteiger charge is 2.31. The van der Waals surface area contributed by atoms with Gasteiger partial charge in [0, 0.05) is 5.92 Å². The Kier molecular flexibility index (Phi) is 5.43. The molecule has 2 aromatic carbocycles. The minimum atomic E-state index is -1.02. The van der Waals surface area contributed by atoms with Crippen molar-refractivity contribution >= 4 is 11.9 Å². The van der Waals surface area contributed by atoms with Crippen molar-refractivity contribution in [3.63, 3.8) is 0 Å². The first-order chi connectivity index (χ1) is 13.1. The second kappa shape index (κ2) is 8.11. The predicted octanol–water partition coefficient (Wildman–Crippen LogP) is 3.35. The van der Waals surface area contributed by atoms with Gasteiger partial charge in [0.1, 0.15) is 12.1 Å². The van der Waals surface area contributed by atoms with Gasteiger partial charge in [0.05, 0.1) is 17.5 Å². The van der Waals surface area contributed by atoms with E-state index in [0.29, 0.717) is 11.3 Å². The average Bonchev–Trinajstić information content (AvgIpc) is 2.69. The lowest BCUT2D eigenvalue weighted by molar-refractivity contribution is -0.138. The van der Waals surface area contributed by atoms with Crippen molar-refractivity contribution in [2.45, 2.75) is 18.9 Å². The first-order valence-electron chi connectivity index (χ1n) is 8.43. The van der Waals surface area contributed by atoms with Crippen LogP contribution in [0.4, 0.5) is 5.95 Å². The van der Waals surface area contributed by atoms with Crippen LogP contribution in [0.2, 0.25) is 0 Å². The molecule has 134 valence electrons. The van der Waals surface area contributed by atoms with Crippen LogP contribution in [0.3, 0.4) is 0 Å². The third kappa shape index (κ3) is 4.10. The fourth-order valence-corrected chi connectivity index (χ4v) is 2.97. The molecule has 6 heteroatoms. The minimum absolute atomic E-state index is 0.177. The molecule has 0 saturated carbocycles. The first-order valence-corrected chi connectivity index (χ1v) is 8.43. The molecule has 0 radical (unpaired) electrons. The van der Waals surface area contributed by atoms with Crippen LogP contribution < -0.4 is 5.32 Å². The van der Waals surface area contributed by atoms with Crippen molar-refractivity contribution in [1.29, 1.82) is 5.26 Å². The van der Waals surface area contributed by atoms with E-state index in [2.05, 4.69) is 15.3 Å². The van der Waals surface area contributed by atoms with E-state index < -0.39 is 17.9 Å². The zero-order valence-electron chi connectivity index (χ0n) is 14.7. The molecule has 0 aliphatic carbocycles. The van der Waals surface area contributed by atoms with Gasteiger partial charge in [-0.25, -0.2) is 14.8 Å². The topological polar surface area (TPSA) is 98.9 Å². The van der Waals surface area contributed by atoms with E-state index in [9.17, 15) is 9.90 Å². The SMILES string of the molecule is Cc1nc(NC(C(=O)O)C(c2ccccc2)c2ccccc2)ncc1C#N. The third-order valence-corrected chi connectivity index (χ3v) is 4.30. The van der Waals surface area contributed by atoms with Gasteiger partial charge in [-0.15, -0.1) is 0 Å². The number of hydrogen-bond donors (Lipinski definition) is 2. The zero-order chi connectivity index (χ0) is 19.2. The van der Waals surface area contributed by atoms with E-state index in [-0.39, 0.29) is 5.95 Å². The molecule has 0 aliphatic heterocycles. The second-order valence-electron chi connectivity index (χ2n) is 6.06. The summed E-state index contributed by atoms with van der Waals surface area (Å²) in [4.78, 5) is 20.5. The largest absolute Gasteiger partial charge is 0.480 e. The van der Waals surface area contributed by atoms with Crippen LogP contribution in [0.15, 0.2) is 66.9 Å². The maximum Gasteiger partial charge on any atom is 0.327 e. The van der Waals surface area contributed by atoms with E-state index in [4.69, 9.17) is 5.26 Å². The summed E-state index contributed by atoms with van der Waals surface area (Å²) in [6.07, 6.45) is 1.39. The lowest BCUT2D eigenvalue weighted by Crippen LogP contribution is -2.37. The third-order valence-electron chi connectivity index (χ3n) is 4.30.